The lowest BCUT2D eigenvalue weighted by Gasteiger charge is -2.28. The summed E-state index contributed by atoms with van der Waals surface area (Å²) in [6.07, 6.45) is 1.51. The molecule has 0 amide bonds. The fourth-order valence-corrected chi connectivity index (χ4v) is 1.73. The molecular formula is C12H17N5O. The van der Waals surface area contributed by atoms with Crippen molar-refractivity contribution in [2.45, 2.75) is 19.4 Å². The van der Waals surface area contributed by atoms with Gasteiger partial charge in [-0.25, -0.2) is 9.97 Å². The first-order chi connectivity index (χ1) is 8.61. The number of hydrogen-bond acceptors (Lipinski definition) is 6. The molecule has 2 rings (SSSR count). The summed E-state index contributed by atoms with van der Waals surface area (Å²) in [7, 11) is 0. The van der Waals surface area contributed by atoms with Gasteiger partial charge in [0.25, 0.3) is 0 Å². The van der Waals surface area contributed by atoms with E-state index in [1.165, 1.54) is 6.33 Å². The maximum absolute atomic E-state index is 8.99. The second-order valence-electron chi connectivity index (χ2n) is 4.72. The lowest BCUT2D eigenvalue weighted by atomic mass is 10.1. The predicted octanol–water partition coefficient (Wildman–Crippen LogP) is 1.03. The quantitative estimate of drug-likeness (QED) is 0.859. The van der Waals surface area contributed by atoms with Crippen LogP contribution in [0.1, 0.15) is 13.8 Å². The van der Waals surface area contributed by atoms with Gasteiger partial charge in [0.05, 0.1) is 19.3 Å². The van der Waals surface area contributed by atoms with Crippen molar-refractivity contribution in [3.05, 3.63) is 12.4 Å². The van der Waals surface area contributed by atoms with E-state index < -0.39 is 5.54 Å². The van der Waals surface area contributed by atoms with Crippen LogP contribution in [0.15, 0.2) is 12.4 Å². The molecule has 0 bridgehead atoms. The maximum Gasteiger partial charge on any atom is 0.134 e. The lowest BCUT2D eigenvalue weighted by molar-refractivity contribution is 0.122. The minimum Gasteiger partial charge on any atom is -0.378 e. The van der Waals surface area contributed by atoms with Gasteiger partial charge in [0, 0.05) is 19.2 Å². The van der Waals surface area contributed by atoms with E-state index in [2.05, 4.69) is 26.3 Å². The minimum absolute atomic E-state index is 0.642. The Morgan fingerprint density at radius 3 is 2.78 bits per heavy atom. The molecular weight excluding hydrogens is 230 g/mol. The Kier molecular flexibility index (Phi) is 3.63. The van der Waals surface area contributed by atoms with Crippen molar-refractivity contribution in [2.75, 3.05) is 36.5 Å². The summed E-state index contributed by atoms with van der Waals surface area (Å²) in [6, 6.07) is 4.05. The van der Waals surface area contributed by atoms with Gasteiger partial charge in [0.2, 0.25) is 0 Å². The molecule has 1 N–H and O–H groups in total. The highest BCUT2D eigenvalue weighted by Gasteiger charge is 2.18. The standard InChI is InChI=1S/C12H17N5O/c1-12(2,8-13)16-10-7-11(15-9-14-10)17-3-5-18-6-4-17/h7,9H,3-6H2,1-2H3,(H,14,15,16). The summed E-state index contributed by atoms with van der Waals surface area (Å²) in [6.45, 7) is 6.72. The smallest absolute Gasteiger partial charge is 0.134 e. The van der Waals surface area contributed by atoms with E-state index in [-0.39, 0.29) is 0 Å². The zero-order valence-corrected chi connectivity index (χ0v) is 10.7. The van der Waals surface area contributed by atoms with Gasteiger partial charge in [0.1, 0.15) is 23.5 Å². The highest BCUT2D eigenvalue weighted by atomic mass is 16.5. The Morgan fingerprint density at radius 1 is 1.39 bits per heavy atom. The molecule has 6 heteroatoms. The second kappa shape index (κ2) is 5.19. The highest BCUT2D eigenvalue weighted by molar-refractivity contribution is 5.50. The SMILES string of the molecule is CC(C)(C#N)Nc1cc(N2CCOCC2)ncn1. The summed E-state index contributed by atoms with van der Waals surface area (Å²) in [5.74, 6) is 1.53. The molecule has 0 spiro atoms. The Hall–Kier alpha value is -1.87. The molecule has 1 aromatic rings. The fourth-order valence-electron chi connectivity index (χ4n) is 1.73. The van der Waals surface area contributed by atoms with Crippen molar-refractivity contribution < 1.29 is 4.74 Å². The number of hydrogen-bond donors (Lipinski definition) is 1. The Morgan fingerprint density at radius 2 is 2.11 bits per heavy atom. The fraction of sp³-hybridized carbons (Fsp3) is 0.583. The number of anilines is 2. The highest BCUT2D eigenvalue weighted by Crippen LogP contribution is 2.18. The van der Waals surface area contributed by atoms with Gasteiger partial charge in [0.15, 0.2) is 0 Å². The number of nitrogens with one attached hydrogen (secondary N) is 1. The normalized spacial score (nSPS) is 16.2. The zero-order valence-electron chi connectivity index (χ0n) is 10.7. The van der Waals surface area contributed by atoms with Crippen LogP contribution in [0.4, 0.5) is 11.6 Å². The maximum atomic E-state index is 8.99. The first-order valence-corrected chi connectivity index (χ1v) is 5.95. The number of ether oxygens (including phenoxy) is 1. The van der Waals surface area contributed by atoms with Gasteiger partial charge in [-0.15, -0.1) is 0 Å². The molecule has 0 aromatic carbocycles. The largest absolute Gasteiger partial charge is 0.378 e. The van der Waals surface area contributed by atoms with Gasteiger partial charge in [-0.1, -0.05) is 0 Å². The van der Waals surface area contributed by atoms with E-state index in [0.29, 0.717) is 5.82 Å². The van der Waals surface area contributed by atoms with Crippen LogP contribution < -0.4 is 10.2 Å². The van der Waals surface area contributed by atoms with Crippen LogP contribution in [0.2, 0.25) is 0 Å². The molecule has 96 valence electrons. The topological polar surface area (TPSA) is 74.1 Å². The molecule has 0 aliphatic carbocycles. The summed E-state index contributed by atoms with van der Waals surface area (Å²) >= 11 is 0. The zero-order chi connectivity index (χ0) is 13.0. The van der Waals surface area contributed by atoms with Gasteiger partial charge in [-0.2, -0.15) is 5.26 Å². The van der Waals surface area contributed by atoms with E-state index in [1.54, 1.807) is 0 Å². The number of rotatable bonds is 3. The van der Waals surface area contributed by atoms with Crippen LogP contribution in [0.3, 0.4) is 0 Å². The minimum atomic E-state index is -0.642. The first kappa shape index (κ1) is 12.6. The van der Waals surface area contributed by atoms with Crippen LogP contribution in [0.25, 0.3) is 0 Å². The monoisotopic (exact) mass is 247 g/mol. The molecule has 0 radical (unpaired) electrons. The van der Waals surface area contributed by atoms with Crippen LogP contribution in [0.5, 0.6) is 0 Å². The third kappa shape index (κ3) is 3.08. The van der Waals surface area contributed by atoms with Crippen LogP contribution in [-0.4, -0.2) is 41.8 Å². The number of nitrogens with zero attached hydrogens (tertiary/aromatic N) is 4. The molecule has 1 saturated heterocycles. The second-order valence-corrected chi connectivity index (χ2v) is 4.72. The van der Waals surface area contributed by atoms with Crippen molar-refractivity contribution in [2.24, 2.45) is 0 Å². The Bertz CT molecular complexity index is 448. The van der Waals surface area contributed by atoms with E-state index >= 15 is 0 Å². The third-order valence-electron chi connectivity index (χ3n) is 2.71. The number of aromatic nitrogens is 2. The predicted molar refractivity (Wildman–Crippen MR) is 68.4 cm³/mol. The first-order valence-electron chi connectivity index (χ1n) is 5.95. The average molecular weight is 247 g/mol. The van der Waals surface area contributed by atoms with E-state index in [0.717, 1.165) is 32.1 Å². The van der Waals surface area contributed by atoms with E-state index in [4.69, 9.17) is 10.00 Å². The van der Waals surface area contributed by atoms with Gasteiger partial charge < -0.3 is 15.0 Å². The summed E-state index contributed by atoms with van der Waals surface area (Å²) in [5.41, 5.74) is -0.642. The number of morpholine rings is 1. The van der Waals surface area contributed by atoms with Crippen molar-refractivity contribution >= 4 is 11.6 Å². The molecule has 2 heterocycles. The summed E-state index contributed by atoms with van der Waals surface area (Å²) in [5, 5.41) is 12.1. The summed E-state index contributed by atoms with van der Waals surface area (Å²) < 4.78 is 5.31. The van der Waals surface area contributed by atoms with Gasteiger partial charge >= 0.3 is 0 Å². The summed E-state index contributed by atoms with van der Waals surface area (Å²) in [4.78, 5) is 10.5. The lowest BCUT2D eigenvalue weighted by Crippen LogP contribution is -2.37. The molecule has 0 atom stereocenters. The molecule has 1 aliphatic heterocycles. The molecule has 1 aliphatic rings. The van der Waals surface area contributed by atoms with Gasteiger partial charge in [-0.05, 0) is 13.8 Å². The Labute approximate surface area is 107 Å². The number of nitriles is 1. The average Bonchev–Trinajstić information content (AvgIpc) is 2.40. The van der Waals surface area contributed by atoms with E-state index in [9.17, 15) is 0 Å². The van der Waals surface area contributed by atoms with Crippen molar-refractivity contribution in [1.29, 1.82) is 5.26 Å². The molecule has 1 fully saturated rings. The molecule has 0 saturated carbocycles. The van der Waals surface area contributed by atoms with E-state index in [1.807, 2.05) is 19.9 Å². The Balaban J connectivity index is 2.12. The third-order valence-corrected chi connectivity index (χ3v) is 2.71. The van der Waals surface area contributed by atoms with Crippen molar-refractivity contribution in [3.63, 3.8) is 0 Å². The van der Waals surface area contributed by atoms with Crippen LogP contribution in [-0.2, 0) is 4.74 Å². The van der Waals surface area contributed by atoms with Crippen LogP contribution in [0, 0.1) is 11.3 Å². The molecule has 1 aromatic heterocycles. The van der Waals surface area contributed by atoms with Crippen molar-refractivity contribution in [1.82, 2.24) is 9.97 Å². The molecule has 0 unspecified atom stereocenters. The van der Waals surface area contributed by atoms with Gasteiger partial charge in [-0.3, -0.25) is 0 Å². The van der Waals surface area contributed by atoms with Crippen LogP contribution >= 0.6 is 0 Å². The molecule has 6 nitrogen and oxygen atoms in total. The molecule has 18 heavy (non-hydrogen) atoms. The van der Waals surface area contributed by atoms with Crippen molar-refractivity contribution in [3.8, 4) is 6.07 Å².